The van der Waals surface area contributed by atoms with Crippen LogP contribution in [0.1, 0.15) is 24.2 Å². The highest BCUT2D eigenvalue weighted by molar-refractivity contribution is 7.80. The Labute approximate surface area is 163 Å². The number of thiocarbonyl (C=S) groups is 1. The Hall–Kier alpha value is -3.13. The first-order chi connectivity index (χ1) is 12.9. The summed E-state index contributed by atoms with van der Waals surface area (Å²) in [6, 6.07) is 15.7. The van der Waals surface area contributed by atoms with Crippen molar-refractivity contribution in [2.45, 2.75) is 20.0 Å². The molecule has 0 radical (unpaired) electrons. The number of hydrogen-bond acceptors (Lipinski definition) is 5. The minimum atomic E-state index is -0.442. The van der Waals surface area contributed by atoms with Gasteiger partial charge >= 0.3 is 0 Å². The summed E-state index contributed by atoms with van der Waals surface area (Å²) in [6.07, 6.45) is -0.000582. The molecule has 0 spiro atoms. The average molecular weight is 387 g/mol. The maximum Gasteiger partial charge on any atom is 0.276 e. The van der Waals surface area contributed by atoms with Crippen molar-refractivity contribution in [2.75, 3.05) is 6.61 Å². The molecule has 27 heavy (non-hydrogen) atoms. The van der Waals surface area contributed by atoms with Gasteiger partial charge in [-0.05, 0) is 56.4 Å². The number of carbonyl (C=O) groups excluding carboxylic acids is 2. The summed E-state index contributed by atoms with van der Waals surface area (Å²) in [5, 5.41) is 2.44. The van der Waals surface area contributed by atoms with Crippen LogP contribution in [0.4, 0.5) is 0 Å². The molecule has 0 atom stereocenters. The maximum absolute atomic E-state index is 12.2. The van der Waals surface area contributed by atoms with Gasteiger partial charge in [-0.3, -0.25) is 25.8 Å². The van der Waals surface area contributed by atoms with Gasteiger partial charge < -0.3 is 9.47 Å². The molecule has 7 nitrogen and oxygen atoms in total. The highest BCUT2D eigenvalue weighted by Crippen LogP contribution is 2.14. The van der Waals surface area contributed by atoms with Gasteiger partial charge in [0.15, 0.2) is 11.7 Å². The molecule has 0 fully saturated rings. The van der Waals surface area contributed by atoms with Gasteiger partial charge in [0.1, 0.15) is 11.5 Å². The van der Waals surface area contributed by atoms with Gasteiger partial charge in [0.25, 0.3) is 11.8 Å². The SMILES string of the molecule is CC(C)Oc1cccc(C(=O)NC(=S)NNC(=O)COc2ccccc2)c1. The fourth-order valence-corrected chi connectivity index (χ4v) is 2.16. The van der Waals surface area contributed by atoms with E-state index in [4.69, 9.17) is 21.7 Å². The third-order valence-electron chi connectivity index (χ3n) is 3.12. The Morgan fingerprint density at radius 1 is 1.00 bits per heavy atom. The Morgan fingerprint density at radius 3 is 2.41 bits per heavy atom. The molecule has 2 amide bonds. The summed E-state index contributed by atoms with van der Waals surface area (Å²) < 4.78 is 10.9. The summed E-state index contributed by atoms with van der Waals surface area (Å²) in [7, 11) is 0. The van der Waals surface area contributed by atoms with E-state index < -0.39 is 11.8 Å². The second-order valence-corrected chi connectivity index (χ2v) is 6.16. The number of carbonyl (C=O) groups is 2. The lowest BCUT2D eigenvalue weighted by Gasteiger charge is -2.13. The van der Waals surface area contributed by atoms with Gasteiger partial charge in [-0.25, -0.2) is 0 Å². The predicted molar refractivity (Wildman–Crippen MR) is 105 cm³/mol. The van der Waals surface area contributed by atoms with Crippen molar-refractivity contribution in [3.8, 4) is 11.5 Å². The van der Waals surface area contributed by atoms with E-state index in [1.807, 2.05) is 19.9 Å². The van der Waals surface area contributed by atoms with E-state index in [1.54, 1.807) is 48.5 Å². The first-order valence-corrected chi connectivity index (χ1v) is 8.69. The number of ether oxygens (including phenoxy) is 2. The molecule has 0 bridgehead atoms. The molecule has 0 aliphatic heterocycles. The number of nitrogens with one attached hydrogen (secondary N) is 3. The second-order valence-electron chi connectivity index (χ2n) is 5.75. The molecule has 0 aliphatic rings. The molecule has 0 aromatic heterocycles. The first-order valence-electron chi connectivity index (χ1n) is 8.29. The van der Waals surface area contributed by atoms with Gasteiger partial charge in [0, 0.05) is 5.56 Å². The number of benzene rings is 2. The predicted octanol–water partition coefficient (Wildman–Crippen LogP) is 2.19. The highest BCUT2D eigenvalue weighted by atomic mass is 32.1. The lowest BCUT2D eigenvalue weighted by Crippen LogP contribution is -2.49. The van der Waals surface area contributed by atoms with E-state index in [2.05, 4.69) is 16.2 Å². The Balaban J connectivity index is 1.76. The van der Waals surface area contributed by atoms with Crippen LogP contribution in [0.3, 0.4) is 0 Å². The zero-order chi connectivity index (χ0) is 19.6. The standard InChI is InChI=1S/C19H21N3O4S/c1-13(2)26-16-10-6-7-14(11-16)18(24)20-19(27)22-21-17(23)12-25-15-8-4-3-5-9-15/h3-11,13H,12H2,1-2H3,(H,21,23)(H2,20,22,24,27). The minimum Gasteiger partial charge on any atom is -0.491 e. The van der Waals surface area contributed by atoms with Crippen LogP contribution < -0.4 is 25.6 Å². The third-order valence-corrected chi connectivity index (χ3v) is 3.33. The molecule has 8 heteroatoms. The smallest absolute Gasteiger partial charge is 0.276 e. The third kappa shape index (κ3) is 7.33. The van der Waals surface area contributed by atoms with Gasteiger partial charge in [-0.2, -0.15) is 0 Å². The number of hydrogen-bond donors (Lipinski definition) is 3. The van der Waals surface area contributed by atoms with Crippen molar-refractivity contribution in [3.63, 3.8) is 0 Å². The van der Waals surface area contributed by atoms with Crippen molar-refractivity contribution < 1.29 is 19.1 Å². The second kappa shape index (κ2) is 10.1. The lowest BCUT2D eigenvalue weighted by atomic mass is 10.2. The van der Waals surface area contributed by atoms with Crippen LogP contribution in [0.5, 0.6) is 11.5 Å². The van der Waals surface area contributed by atoms with E-state index in [0.29, 0.717) is 17.1 Å². The molecule has 0 unspecified atom stereocenters. The molecular weight excluding hydrogens is 366 g/mol. The van der Waals surface area contributed by atoms with E-state index in [1.165, 1.54) is 0 Å². The van der Waals surface area contributed by atoms with E-state index in [0.717, 1.165) is 0 Å². The molecule has 0 saturated heterocycles. The van der Waals surface area contributed by atoms with Crippen molar-refractivity contribution in [1.29, 1.82) is 0 Å². The topological polar surface area (TPSA) is 88.7 Å². The van der Waals surface area contributed by atoms with Crippen molar-refractivity contribution >= 4 is 29.1 Å². The van der Waals surface area contributed by atoms with E-state index in [-0.39, 0.29) is 17.8 Å². The largest absolute Gasteiger partial charge is 0.491 e. The summed E-state index contributed by atoms with van der Waals surface area (Å²) in [4.78, 5) is 24.0. The van der Waals surface area contributed by atoms with E-state index >= 15 is 0 Å². The summed E-state index contributed by atoms with van der Waals surface area (Å²) in [5.41, 5.74) is 5.19. The van der Waals surface area contributed by atoms with Crippen LogP contribution in [-0.4, -0.2) is 29.6 Å². The number of amides is 2. The fourth-order valence-electron chi connectivity index (χ4n) is 2.02. The van der Waals surface area contributed by atoms with Crippen LogP contribution >= 0.6 is 12.2 Å². The molecule has 0 saturated carbocycles. The minimum absolute atomic E-state index is 0.000582. The summed E-state index contributed by atoms with van der Waals surface area (Å²) in [5.74, 6) is 0.300. The number of hydrazine groups is 1. The van der Waals surface area contributed by atoms with Crippen LogP contribution in [0.15, 0.2) is 54.6 Å². The molecule has 2 aromatic rings. The van der Waals surface area contributed by atoms with Crippen molar-refractivity contribution in [2.24, 2.45) is 0 Å². The van der Waals surface area contributed by atoms with Gasteiger partial charge in [-0.1, -0.05) is 24.3 Å². The van der Waals surface area contributed by atoms with Crippen LogP contribution in [-0.2, 0) is 4.79 Å². The van der Waals surface area contributed by atoms with Crippen LogP contribution in [0.2, 0.25) is 0 Å². The van der Waals surface area contributed by atoms with Crippen molar-refractivity contribution in [3.05, 3.63) is 60.2 Å². The molecule has 142 valence electrons. The zero-order valence-electron chi connectivity index (χ0n) is 15.0. The first kappa shape index (κ1) is 20.2. The maximum atomic E-state index is 12.2. The molecular formula is C19H21N3O4S. The quantitative estimate of drug-likeness (QED) is 0.520. The monoisotopic (exact) mass is 387 g/mol. The molecule has 2 aromatic carbocycles. The van der Waals surface area contributed by atoms with Crippen LogP contribution in [0.25, 0.3) is 0 Å². The van der Waals surface area contributed by atoms with Crippen LogP contribution in [0, 0.1) is 0 Å². The molecule has 2 rings (SSSR count). The van der Waals surface area contributed by atoms with Gasteiger partial charge in [0.2, 0.25) is 0 Å². The van der Waals surface area contributed by atoms with Gasteiger partial charge in [0.05, 0.1) is 6.10 Å². The normalized spacial score (nSPS) is 10.0. The number of rotatable bonds is 6. The highest BCUT2D eigenvalue weighted by Gasteiger charge is 2.10. The molecule has 0 aliphatic carbocycles. The van der Waals surface area contributed by atoms with Crippen molar-refractivity contribution in [1.82, 2.24) is 16.2 Å². The Kier molecular flexibility index (Phi) is 7.57. The molecule has 3 N–H and O–H groups in total. The average Bonchev–Trinajstić information content (AvgIpc) is 2.65. The summed E-state index contributed by atoms with van der Waals surface area (Å²) >= 11 is 5.00. The zero-order valence-corrected chi connectivity index (χ0v) is 15.8. The Morgan fingerprint density at radius 2 is 1.70 bits per heavy atom. The lowest BCUT2D eigenvalue weighted by molar-refractivity contribution is -0.123. The van der Waals surface area contributed by atoms with E-state index in [9.17, 15) is 9.59 Å². The number of para-hydroxylation sites is 1. The van der Waals surface area contributed by atoms with Gasteiger partial charge in [-0.15, -0.1) is 0 Å². The molecule has 0 heterocycles. The summed E-state index contributed by atoms with van der Waals surface area (Å²) in [6.45, 7) is 3.61. The fraction of sp³-hybridized carbons (Fsp3) is 0.211. The Bertz CT molecular complexity index is 797.